The Kier molecular flexibility index (Phi) is 3.36. The van der Waals surface area contributed by atoms with Crippen LogP contribution >= 0.6 is 12.4 Å². The van der Waals surface area contributed by atoms with Crippen LogP contribution in [-0.4, -0.2) is 23.5 Å². The molecule has 1 aromatic carbocycles. The van der Waals surface area contributed by atoms with Crippen LogP contribution < -0.4 is 5.32 Å². The molecule has 0 fully saturated rings. The summed E-state index contributed by atoms with van der Waals surface area (Å²) in [4.78, 5) is 4.34. The fourth-order valence-corrected chi connectivity index (χ4v) is 1.35. The van der Waals surface area contributed by atoms with E-state index in [0.717, 1.165) is 17.9 Å². The summed E-state index contributed by atoms with van der Waals surface area (Å²) in [5.74, 6) is 1.21. The lowest BCUT2D eigenvalue weighted by molar-refractivity contribution is 0.475. The molecule has 0 aromatic heterocycles. The number of halogens is 1. The van der Waals surface area contributed by atoms with E-state index in [0.29, 0.717) is 6.04 Å². The first-order chi connectivity index (χ1) is 6.25. The van der Waals surface area contributed by atoms with E-state index in [1.54, 1.807) is 12.1 Å². The molecule has 1 aromatic rings. The van der Waals surface area contributed by atoms with Gasteiger partial charge in [-0.25, -0.2) is 0 Å². The minimum absolute atomic E-state index is 0. The number of aliphatic imine (C=N–C) groups is 1. The van der Waals surface area contributed by atoms with Crippen LogP contribution in [0.2, 0.25) is 0 Å². The molecule has 3 nitrogen and oxygen atoms in total. The Morgan fingerprint density at radius 3 is 2.50 bits per heavy atom. The van der Waals surface area contributed by atoms with Gasteiger partial charge in [-0.05, 0) is 31.2 Å². The van der Waals surface area contributed by atoms with E-state index in [-0.39, 0.29) is 18.2 Å². The average Bonchev–Trinajstić information content (AvgIpc) is 2.53. The van der Waals surface area contributed by atoms with Crippen LogP contribution in [-0.2, 0) is 0 Å². The summed E-state index contributed by atoms with van der Waals surface area (Å²) in [6.07, 6.45) is 0. The minimum Gasteiger partial charge on any atom is -0.508 e. The van der Waals surface area contributed by atoms with Crippen LogP contribution in [0.5, 0.6) is 5.75 Å². The van der Waals surface area contributed by atoms with Gasteiger partial charge in [0.1, 0.15) is 11.6 Å². The molecule has 0 amide bonds. The van der Waals surface area contributed by atoms with Gasteiger partial charge in [-0.2, -0.15) is 0 Å². The van der Waals surface area contributed by atoms with Crippen molar-refractivity contribution in [3.63, 3.8) is 0 Å². The third kappa shape index (κ3) is 2.17. The molecule has 4 heteroatoms. The first kappa shape index (κ1) is 10.9. The molecule has 0 radical (unpaired) electrons. The number of hydrogen-bond donors (Lipinski definition) is 2. The van der Waals surface area contributed by atoms with Crippen LogP contribution in [0.15, 0.2) is 29.3 Å². The standard InChI is InChI=1S/C10H12N2O.ClH/c1-7-6-11-10(12-7)8-2-4-9(13)5-3-8;/h2-5,7,13H,6H2,1H3,(H,11,12);1H. The Morgan fingerprint density at radius 2 is 2.00 bits per heavy atom. The van der Waals surface area contributed by atoms with E-state index in [9.17, 15) is 0 Å². The van der Waals surface area contributed by atoms with Gasteiger partial charge >= 0.3 is 0 Å². The quantitative estimate of drug-likeness (QED) is 0.742. The monoisotopic (exact) mass is 212 g/mol. The van der Waals surface area contributed by atoms with Gasteiger partial charge in [0.05, 0.1) is 6.54 Å². The third-order valence-electron chi connectivity index (χ3n) is 2.05. The number of hydrogen-bond acceptors (Lipinski definition) is 3. The van der Waals surface area contributed by atoms with Crippen LogP contribution in [0.25, 0.3) is 0 Å². The summed E-state index contributed by atoms with van der Waals surface area (Å²) in [5.41, 5.74) is 1.03. The van der Waals surface area contributed by atoms with Crippen molar-refractivity contribution in [2.24, 2.45) is 4.99 Å². The lowest BCUT2D eigenvalue weighted by Crippen LogP contribution is -2.27. The summed E-state index contributed by atoms with van der Waals surface area (Å²) in [7, 11) is 0. The maximum atomic E-state index is 9.09. The van der Waals surface area contributed by atoms with Gasteiger partial charge in [0.2, 0.25) is 0 Å². The number of benzene rings is 1. The molecule has 0 saturated carbocycles. The largest absolute Gasteiger partial charge is 0.508 e. The summed E-state index contributed by atoms with van der Waals surface area (Å²) in [6, 6.07) is 7.48. The van der Waals surface area contributed by atoms with Crippen molar-refractivity contribution in [2.45, 2.75) is 13.0 Å². The molecule has 1 aliphatic heterocycles. The predicted molar refractivity (Wildman–Crippen MR) is 59.4 cm³/mol. The Morgan fingerprint density at radius 1 is 1.36 bits per heavy atom. The number of nitrogens with one attached hydrogen (secondary N) is 1. The molecule has 2 rings (SSSR count). The van der Waals surface area contributed by atoms with Gasteiger partial charge in [0.15, 0.2) is 0 Å². The molecule has 0 spiro atoms. The smallest absolute Gasteiger partial charge is 0.128 e. The molecule has 2 N–H and O–H groups in total. The molecule has 1 heterocycles. The van der Waals surface area contributed by atoms with Crippen LogP contribution in [0.4, 0.5) is 0 Å². The molecular formula is C10H13ClN2O. The van der Waals surface area contributed by atoms with E-state index < -0.39 is 0 Å². The zero-order valence-electron chi connectivity index (χ0n) is 7.90. The van der Waals surface area contributed by atoms with Gasteiger partial charge in [-0.1, -0.05) is 0 Å². The zero-order valence-corrected chi connectivity index (χ0v) is 8.71. The molecule has 1 aliphatic rings. The molecule has 0 saturated heterocycles. The fourth-order valence-electron chi connectivity index (χ4n) is 1.35. The van der Waals surface area contributed by atoms with Gasteiger partial charge in [-0.3, -0.25) is 4.99 Å². The van der Waals surface area contributed by atoms with Crippen molar-refractivity contribution in [1.29, 1.82) is 0 Å². The number of amidine groups is 1. The molecule has 1 unspecified atom stereocenters. The number of nitrogens with zero attached hydrogens (tertiary/aromatic N) is 1. The second kappa shape index (κ2) is 4.33. The molecule has 1 atom stereocenters. The van der Waals surface area contributed by atoms with Crippen LogP contribution in [0.3, 0.4) is 0 Å². The minimum atomic E-state index is 0. The van der Waals surface area contributed by atoms with E-state index in [1.807, 2.05) is 12.1 Å². The van der Waals surface area contributed by atoms with Gasteiger partial charge in [0.25, 0.3) is 0 Å². The van der Waals surface area contributed by atoms with Crippen molar-refractivity contribution in [1.82, 2.24) is 5.32 Å². The van der Waals surface area contributed by atoms with Gasteiger partial charge in [0, 0.05) is 11.6 Å². The lowest BCUT2D eigenvalue weighted by Gasteiger charge is -2.05. The normalized spacial score (nSPS) is 19.5. The maximum absolute atomic E-state index is 9.09. The summed E-state index contributed by atoms with van der Waals surface area (Å²) >= 11 is 0. The van der Waals surface area contributed by atoms with Crippen LogP contribution in [0.1, 0.15) is 12.5 Å². The highest BCUT2D eigenvalue weighted by Crippen LogP contribution is 2.11. The van der Waals surface area contributed by atoms with Crippen molar-refractivity contribution >= 4 is 18.2 Å². The highest BCUT2D eigenvalue weighted by atomic mass is 35.5. The summed E-state index contributed by atoms with van der Waals surface area (Å²) in [5, 5.41) is 12.3. The predicted octanol–water partition coefficient (Wildman–Crippen LogP) is 1.55. The fraction of sp³-hybridized carbons (Fsp3) is 0.300. The van der Waals surface area contributed by atoms with Crippen LogP contribution in [0, 0.1) is 0 Å². The van der Waals surface area contributed by atoms with Crippen molar-refractivity contribution < 1.29 is 5.11 Å². The van der Waals surface area contributed by atoms with Crippen molar-refractivity contribution in [2.75, 3.05) is 6.54 Å². The highest BCUT2D eigenvalue weighted by Gasteiger charge is 2.13. The Balaban J connectivity index is 0.000000980. The zero-order chi connectivity index (χ0) is 9.26. The third-order valence-corrected chi connectivity index (χ3v) is 2.05. The second-order valence-electron chi connectivity index (χ2n) is 3.28. The Hall–Kier alpha value is -1.22. The number of aromatic hydroxyl groups is 1. The maximum Gasteiger partial charge on any atom is 0.128 e. The summed E-state index contributed by atoms with van der Waals surface area (Å²) in [6.45, 7) is 2.92. The van der Waals surface area contributed by atoms with E-state index >= 15 is 0 Å². The molecule has 0 bridgehead atoms. The van der Waals surface area contributed by atoms with Crippen molar-refractivity contribution in [3.8, 4) is 5.75 Å². The Bertz CT molecular complexity index is 334. The topological polar surface area (TPSA) is 44.6 Å². The average molecular weight is 213 g/mol. The first-order valence-electron chi connectivity index (χ1n) is 4.36. The van der Waals surface area contributed by atoms with Crippen molar-refractivity contribution in [3.05, 3.63) is 29.8 Å². The molecule has 76 valence electrons. The molecular weight excluding hydrogens is 200 g/mol. The number of phenols is 1. The second-order valence-corrected chi connectivity index (χ2v) is 3.28. The van der Waals surface area contributed by atoms with E-state index in [1.165, 1.54) is 0 Å². The van der Waals surface area contributed by atoms with E-state index in [4.69, 9.17) is 5.11 Å². The lowest BCUT2D eigenvalue weighted by atomic mass is 10.2. The highest BCUT2D eigenvalue weighted by molar-refractivity contribution is 6.00. The Labute approximate surface area is 89.3 Å². The molecule has 0 aliphatic carbocycles. The number of rotatable bonds is 1. The number of phenolic OH excluding ortho intramolecular Hbond substituents is 1. The van der Waals surface area contributed by atoms with Gasteiger partial charge in [-0.15, -0.1) is 12.4 Å². The van der Waals surface area contributed by atoms with Gasteiger partial charge < -0.3 is 10.4 Å². The SMILES string of the molecule is CC1CN=C(c2ccc(O)cc2)N1.Cl. The van der Waals surface area contributed by atoms with E-state index in [2.05, 4.69) is 17.2 Å². The first-order valence-corrected chi connectivity index (χ1v) is 4.36. The molecule has 14 heavy (non-hydrogen) atoms. The summed E-state index contributed by atoms with van der Waals surface area (Å²) < 4.78 is 0.